The summed E-state index contributed by atoms with van der Waals surface area (Å²) in [6, 6.07) is 4.63. The summed E-state index contributed by atoms with van der Waals surface area (Å²) in [5.41, 5.74) is 5.07. The van der Waals surface area contributed by atoms with E-state index in [1.54, 1.807) is 0 Å². The largest absolute Gasteiger partial charge is 0.481 e. The second-order valence-electron chi connectivity index (χ2n) is 4.59. The summed E-state index contributed by atoms with van der Waals surface area (Å²) >= 11 is 0. The van der Waals surface area contributed by atoms with E-state index in [1.807, 2.05) is 0 Å². The highest BCUT2D eigenvalue weighted by atomic mass is 16.4. The number of aliphatic carboxylic acids is 1. The molecule has 1 aliphatic heterocycles. The van der Waals surface area contributed by atoms with Crippen molar-refractivity contribution in [2.45, 2.75) is 39.2 Å². The number of fused-ring (bicyclic) bond motifs is 1. The summed E-state index contributed by atoms with van der Waals surface area (Å²) in [5, 5.41) is 12.1. The summed E-state index contributed by atoms with van der Waals surface area (Å²) in [6.07, 6.45) is 1.89. The highest BCUT2D eigenvalue weighted by Gasteiger charge is 2.22. The van der Waals surface area contributed by atoms with E-state index < -0.39 is 5.97 Å². The lowest BCUT2D eigenvalue weighted by Crippen LogP contribution is -2.16. The van der Waals surface area contributed by atoms with E-state index in [4.69, 9.17) is 5.11 Å². The van der Waals surface area contributed by atoms with Crippen LogP contribution in [0.5, 0.6) is 0 Å². The summed E-state index contributed by atoms with van der Waals surface area (Å²) < 4.78 is 0. The lowest BCUT2D eigenvalue weighted by Gasteiger charge is -2.10. The van der Waals surface area contributed by atoms with Gasteiger partial charge in [-0.05, 0) is 37.8 Å². The molecule has 1 aromatic rings. The number of benzene rings is 1. The van der Waals surface area contributed by atoms with E-state index in [0.29, 0.717) is 6.42 Å². The Balaban J connectivity index is 2.09. The first kappa shape index (κ1) is 11.0. The van der Waals surface area contributed by atoms with Crippen molar-refractivity contribution in [3.8, 4) is 0 Å². The van der Waals surface area contributed by atoms with Crippen LogP contribution >= 0.6 is 0 Å². The molecular formula is C13H17NO2. The maximum Gasteiger partial charge on any atom is 0.303 e. The van der Waals surface area contributed by atoms with Gasteiger partial charge in [-0.15, -0.1) is 0 Å². The number of rotatable bonds is 3. The lowest BCUT2D eigenvalue weighted by atomic mass is 10.0. The fourth-order valence-electron chi connectivity index (χ4n) is 2.42. The van der Waals surface area contributed by atoms with Gasteiger partial charge in [-0.2, -0.15) is 0 Å². The Morgan fingerprint density at radius 1 is 1.50 bits per heavy atom. The summed E-state index contributed by atoms with van der Waals surface area (Å²) in [6.45, 7) is 4.19. The molecular weight excluding hydrogens is 202 g/mol. The van der Waals surface area contributed by atoms with Crippen LogP contribution in [0.25, 0.3) is 0 Å². The number of nitrogens with one attached hydrogen (secondary N) is 1. The molecule has 0 aromatic heterocycles. The number of hydrogen-bond donors (Lipinski definition) is 2. The van der Waals surface area contributed by atoms with E-state index in [1.165, 1.54) is 22.4 Å². The standard InChI is InChI=1S/C13H17NO2/c1-8-5-9(2)13-10(6-8)7-11(14-13)3-4-12(15)16/h5-6,11,14H,3-4,7H2,1-2H3,(H,15,16). The molecule has 0 fully saturated rings. The summed E-state index contributed by atoms with van der Waals surface area (Å²) in [7, 11) is 0. The summed E-state index contributed by atoms with van der Waals surface area (Å²) in [4.78, 5) is 10.5. The van der Waals surface area contributed by atoms with Gasteiger partial charge in [0.25, 0.3) is 0 Å². The van der Waals surface area contributed by atoms with Crippen molar-refractivity contribution in [2.24, 2.45) is 0 Å². The normalized spacial score (nSPS) is 18.0. The fraction of sp³-hybridized carbons (Fsp3) is 0.462. The van der Waals surface area contributed by atoms with E-state index in [0.717, 1.165) is 6.42 Å². The first-order valence-corrected chi connectivity index (χ1v) is 5.64. The minimum absolute atomic E-state index is 0.240. The SMILES string of the molecule is Cc1cc(C)c2c(c1)CC(CCC(=O)O)N2. The first-order chi connectivity index (χ1) is 7.56. The van der Waals surface area contributed by atoms with Crippen molar-refractivity contribution >= 4 is 11.7 Å². The molecule has 16 heavy (non-hydrogen) atoms. The quantitative estimate of drug-likeness (QED) is 0.821. The molecule has 1 aromatic carbocycles. The number of anilines is 1. The third-order valence-corrected chi connectivity index (χ3v) is 3.08. The van der Waals surface area contributed by atoms with Crippen LogP contribution in [-0.2, 0) is 11.2 Å². The molecule has 1 aliphatic rings. The van der Waals surface area contributed by atoms with Gasteiger partial charge >= 0.3 is 5.97 Å². The first-order valence-electron chi connectivity index (χ1n) is 5.64. The van der Waals surface area contributed by atoms with Crippen LogP contribution in [0.15, 0.2) is 12.1 Å². The maximum absolute atomic E-state index is 10.5. The fourth-order valence-corrected chi connectivity index (χ4v) is 2.42. The highest BCUT2D eigenvalue weighted by Crippen LogP contribution is 2.31. The number of carbonyl (C=O) groups is 1. The molecule has 3 heteroatoms. The smallest absolute Gasteiger partial charge is 0.303 e. The molecule has 0 saturated carbocycles. The maximum atomic E-state index is 10.5. The summed E-state index contributed by atoms with van der Waals surface area (Å²) in [5.74, 6) is -0.717. The topological polar surface area (TPSA) is 49.3 Å². The average Bonchev–Trinajstić information content (AvgIpc) is 2.57. The van der Waals surface area contributed by atoms with E-state index in [9.17, 15) is 4.79 Å². The zero-order valence-corrected chi connectivity index (χ0v) is 9.71. The zero-order valence-electron chi connectivity index (χ0n) is 9.71. The lowest BCUT2D eigenvalue weighted by molar-refractivity contribution is -0.137. The zero-order chi connectivity index (χ0) is 11.7. The second-order valence-corrected chi connectivity index (χ2v) is 4.59. The molecule has 0 amide bonds. The van der Waals surface area contributed by atoms with Crippen molar-refractivity contribution < 1.29 is 9.90 Å². The average molecular weight is 219 g/mol. The molecule has 2 N–H and O–H groups in total. The van der Waals surface area contributed by atoms with E-state index in [2.05, 4.69) is 31.3 Å². The van der Waals surface area contributed by atoms with Crippen LogP contribution < -0.4 is 5.32 Å². The number of carboxylic acids is 1. The van der Waals surface area contributed by atoms with Gasteiger partial charge < -0.3 is 10.4 Å². The Morgan fingerprint density at radius 3 is 2.94 bits per heavy atom. The Bertz CT molecular complexity index is 426. The van der Waals surface area contributed by atoms with E-state index >= 15 is 0 Å². The van der Waals surface area contributed by atoms with Gasteiger partial charge in [0.1, 0.15) is 0 Å². The molecule has 0 aliphatic carbocycles. The number of aryl methyl sites for hydroxylation is 2. The Morgan fingerprint density at radius 2 is 2.25 bits per heavy atom. The molecule has 1 unspecified atom stereocenters. The van der Waals surface area contributed by atoms with Crippen molar-refractivity contribution in [1.82, 2.24) is 0 Å². The monoisotopic (exact) mass is 219 g/mol. The van der Waals surface area contributed by atoms with Crippen LogP contribution in [0.2, 0.25) is 0 Å². The van der Waals surface area contributed by atoms with Crippen molar-refractivity contribution in [2.75, 3.05) is 5.32 Å². The van der Waals surface area contributed by atoms with Gasteiger partial charge in [0.2, 0.25) is 0 Å². The van der Waals surface area contributed by atoms with Gasteiger partial charge in [-0.1, -0.05) is 17.7 Å². The minimum atomic E-state index is -0.717. The van der Waals surface area contributed by atoms with Crippen LogP contribution in [0, 0.1) is 13.8 Å². The second kappa shape index (κ2) is 4.16. The van der Waals surface area contributed by atoms with Gasteiger partial charge in [0, 0.05) is 18.2 Å². The van der Waals surface area contributed by atoms with Gasteiger partial charge in [0.15, 0.2) is 0 Å². The third-order valence-electron chi connectivity index (χ3n) is 3.08. The van der Waals surface area contributed by atoms with Crippen LogP contribution in [0.1, 0.15) is 29.5 Å². The number of carboxylic acid groups (broad SMARTS) is 1. The predicted molar refractivity (Wildman–Crippen MR) is 63.9 cm³/mol. The molecule has 2 rings (SSSR count). The Labute approximate surface area is 95.5 Å². The minimum Gasteiger partial charge on any atom is -0.481 e. The predicted octanol–water partition coefficient (Wildman–Crippen LogP) is 2.50. The molecule has 86 valence electrons. The molecule has 0 saturated heterocycles. The van der Waals surface area contributed by atoms with Crippen LogP contribution in [0.3, 0.4) is 0 Å². The molecule has 0 spiro atoms. The molecule has 0 bridgehead atoms. The molecule has 3 nitrogen and oxygen atoms in total. The van der Waals surface area contributed by atoms with E-state index in [-0.39, 0.29) is 12.5 Å². The van der Waals surface area contributed by atoms with Crippen molar-refractivity contribution in [3.05, 3.63) is 28.8 Å². The molecule has 1 heterocycles. The van der Waals surface area contributed by atoms with Crippen molar-refractivity contribution in [3.63, 3.8) is 0 Å². The Kier molecular flexibility index (Phi) is 2.86. The van der Waals surface area contributed by atoms with Crippen LogP contribution in [0.4, 0.5) is 5.69 Å². The number of hydrogen-bond acceptors (Lipinski definition) is 2. The Hall–Kier alpha value is -1.51. The molecule has 0 radical (unpaired) electrons. The van der Waals surface area contributed by atoms with Gasteiger partial charge in [-0.25, -0.2) is 0 Å². The van der Waals surface area contributed by atoms with Gasteiger partial charge in [0.05, 0.1) is 0 Å². The highest BCUT2D eigenvalue weighted by molar-refractivity contribution is 5.67. The van der Waals surface area contributed by atoms with Crippen molar-refractivity contribution in [1.29, 1.82) is 0 Å². The van der Waals surface area contributed by atoms with Crippen LogP contribution in [-0.4, -0.2) is 17.1 Å². The molecule has 1 atom stereocenters. The van der Waals surface area contributed by atoms with Gasteiger partial charge in [-0.3, -0.25) is 4.79 Å². The third kappa shape index (κ3) is 2.18.